The van der Waals surface area contributed by atoms with Crippen LogP contribution in [0.1, 0.15) is 44.1 Å². The molecular weight excluding hydrogens is 300 g/mol. The second-order valence-electron chi connectivity index (χ2n) is 7.25. The molecule has 0 spiro atoms. The quantitative estimate of drug-likeness (QED) is 0.872. The van der Waals surface area contributed by atoms with Gasteiger partial charge in [0.05, 0.1) is 13.5 Å². The summed E-state index contributed by atoms with van der Waals surface area (Å²) in [5, 5.41) is 3.12. The molecule has 24 heavy (non-hydrogen) atoms. The number of methoxy groups -OCH3 is 1. The van der Waals surface area contributed by atoms with Gasteiger partial charge in [-0.1, -0.05) is 25.0 Å². The molecule has 0 unspecified atom stereocenters. The molecule has 0 atom stereocenters. The van der Waals surface area contributed by atoms with Crippen LogP contribution in [0, 0.1) is 5.92 Å². The van der Waals surface area contributed by atoms with Crippen molar-refractivity contribution in [3.63, 3.8) is 0 Å². The zero-order valence-corrected chi connectivity index (χ0v) is 14.8. The van der Waals surface area contributed by atoms with Gasteiger partial charge in [0.2, 0.25) is 5.91 Å². The average molecular weight is 330 g/mol. The number of piperidine rings is 1. The van der Waals surface area contributed by atoms with Crippen LogP contribution in [0.15, 0.2) is 24.3 Å². The van der Waals surface area contributed by atoms with E-state index in [-0.39, 0.29) is 5.91 Å². The Hall–Kier alpha value is -1.55. The normalized spacial score (nSPS) is 20.2. The molecule has 1 aliphatic carbocycles. The number of amides is 1. The van der Waals surface area contributed by atoms with Gasteiger partial charge in [-0.3, -0.25) is 4.79 Å². The molecule has 0 radical (unpaired) electrons. The maximum atomic E-state index is 12.2. The average Bonchev–Trinajstić information content (AvgIpc) is 3.15. The number of rotatable bonds is 6. The Balaban J connectivity index is 1.37. The van der Waals surface area contributed by atoms with Gasteiger partial charge >= 0.3 is 0 Å². The van der Waals surface area contributed by atoms with Crippen molar-refractivity contribution < 1.29 is 9.53 Å². The molecular formula is C20H30N2O2. The molecule has 2 fully saturated rings. The molecule has 1 saturated carbocycles. The zero-order chi connectivity index (χ0) is 16.8. The van der Waals surface area contributed by atoms with E-state index in [0.29, 0.717) is 12.3 Å². The van der Waals surface area contributed by atoms with E-state index in [0.717, 1.165) is 23.9 Å². The number of nitrogens with one attached hydrogen (secondary N) is 1. The first-order valence-electron chi connectivity index (χ1n) is 9.38. The molecule has 1 aromatic carbocycles. The third-order valence-corrected chi connectivity index (χ3v) is 5.58. The minimum Gasteiger partial charge on any atom is -0.497 e. The molecule has 2 aliphatic rings. The van der Waals surface area contributed by atoms with E-state index in [1.54, 1.807) is 7.11 Å². The summed E-state index contributed by atoms with van der Waals surface area (Å²) < 4.78 is 5.21. The second-order valence-corrected chi connectivity index (χ2v) is 7.25. The number of benzene rings is 1. The predicted molar refractivity (Wildman–Crippen MR) is 96.3 cm³/mol. The van der Waals surface area contributed by atoms with E-state index in [1.807, 2.05) is 24.3 Å². The van der Waals surface area contributed by atoms with Crippen molar-refractivity contribution in [2.24, 2.45) is 5.92 Å². The van der Waals surface area contributed by atoms with Crippen LogP contribution < -0.4 is 10.1 Å². The molecule has 3 rings (SSSR count). The summed E-state index contributed by atoms with van der Waals surface area (Å²) in [7, 11) is 1.65. The van der Waals surface area contributed by atoms with Crippen LogP contribution in [0.5, 0.6) is 5.75 Å². The van der Waals surface area contributed by atoms with Crippen molar-refractivity contribution >= 4 is 5.91 Å². The van der Waals surface area contributed by atoms with Gasteiger partial charge in [0, 0.05) is 12.6 Å². The Kier molecular flexibility index (Phi) is 6.13. The number of nitrogens with zero attached hydrogens (tertiary/aromatic N) is 1. The lowest BCUT2D eigenvalue weighted by Crippen LogP contribution is -2.42. The van der Waals surface area contributed by atoms with Crippen LogP contribution in [0.4, 0.5) is 0 Å². The molecule has 1 N–H and O–H groups in total. The summed E-state index contributed by atoms with van der Waals surface area (Å²) in [5.41, 5.74) is 1.00. The van der Waals surface area contributed by atoms with Gasteiger partial charge < -0.3 is 15.0 Å². The first-order chi connectivity index (χ1) is 11.7. The maximum Gasteiger partial charge on any atom is 0.224 e. The van der Waals surface area contributed by atoms with E-state index in [9.17, 15) is 4.79 Å². The zero-order valence-electron chi connectivity index (χ0n) is 14.8. The van der Waals surface area contributed by atoms with Gasteiger partial charge in [-0.25, -0.2) is 0 Å². The van der Waals surface area contributed by atoms with Gasteiger partial charge in [-0.2, -0.15) is 0 Å². The maximum absolute atomic E-state index is 12.2. The topological polar surface area (TPSA) is 41.6 Å². The van der Waals surface area contributed by atoms with E-state index >= 15 is 0 Å². The number of hydrogen-bond donors (Lipinski definition) is 1. The monoisotopic (exact) mass is 330 g/mol. The predicted octanol–water partition coefficient (Wildman–Crippen LogP) is 3.01. The Bertz CT molecular complexity index is 532. The van der Waals surface area contributed by atoms with Gasteiger partial charge in [-0.05, 0) is 62.4 Å². The van der Waals surface area contributed by atoms with Crippen molar-refractivity contribution in [3.8, 4) is 5.75 Å². The summed E-state index contributed by atoms with van der Waals surface area (Å²) in [6.45, 7) is 3.24. The summed E-state index contributed by atoms with van der Waals surface area (Å²) in [6.07, 6.45) is 8.46. The summed E-state index contributed by atoms with van der Waals surface area (Å²) in [4.78, 5) is 14.8. The van der Waals surface area contributed by atoms with E-state index in [4.69, 9.17) is 4.74 Å². The van der Waals surface area contributed by atoms with E-state index < -0.39 is 0 Å². The molecule has 0 aromatic heterocycles. The minimum absolute atomic E-state index is 0.112. The fourth-order valence-corrected chi connectivity index (χ4v) is 4.08. The van der Waals surface area contributed by atoms with Crippen LogP contribution in [-0.2, 0) is 11.2 Å². The highest BCUT2D eigenvalue weighted by molar-refractivity contribution is 5.78. The van der Waals surface area contributed by atoms with Gasteiger partial charge in [0.1, 0.15) is 5.75 Å². The third kappa shape index (κ3) is 4.73. The molecule has 1 amide bonds. The fraction of sp³-hybridized carbons (Fsp3) is 0.650. The van der Waals surface area contributed by atoms with Crippen molar-refractivity contribution in [2.45, 2.75) is 51.0 Å². The number of ether oxygens (including phenoxy) is 1. The highest BCUT2D eigenvalue weighted by Gasteiger charge is 2.27. The molecule has 0 bridgehead atoms. The second kappa shape index (κ2) is 8.52. The van der Waals surface area contributed by atoms with Crippen molar-refractivity contribution in [2.75, 3.05) is 26.7 Å². The molecule has 1 aliphatic heterocycles. The first kappa shape index (κ1) is 17.3. The molecule has 1 aromatic rings. The third-order valence-electron chi connectivity index (χ3n) is 5.58. The largest absolute Gasteiger partial charge is 0.497 e. The van der Waals surface area contributed by atoms with Crippen molar-refractivity contribution in [1.82, 2.24) is 10.2 Å². The fourth-order valence-electron chi connectivity index (χ4n) is 4.08. The molecule has 4 nitrogen and oxygen atoms in total. The minimum atomic E-state index is 0.112. The highest BCUT2D eigenvalue weighted by atomic mass is 16.5. The van der Waals surface area contributed by atoms with Gasteiger partial charge in [0.25, 0.3) is 0 Å². The lowest BCUT2D eigenvalue weighted by Gasteiger charge is -2.36. The Labute approximate surface area is 145 Å². The smallest absolute Gasteiger partial charge is 0.224 e. The van der Waals surface area contributed by atoms with Crippen LogP contribution in [0.25, 0.3) is 0 Å². The van der Waals surface area contributed by atoms with Crippen molar-refractivity contribution in [3.05, 3.63) is 29.8 Å². The number of carbonyl (C=O) groups is 1. The number of hydrogen-bond acceptors (Lipinski definition) is 3. The van der Waals surface area contributed by atoms with Crippen LogP contribution >= 0.6 is 0 Å². The summed E-state index contributed by atoms with van der Waals surface area (Å²) >= 11 is 0. The van der Waals surface area contributed by atoms with Crippen LogP contribution in [0.2, 0.25) is 0 Å². The molecule has 1 saturated heterocycles. The standard InChI is InChI=1S/C20H30N2O2/c1-24-19-8-4-5-17(13-19)14-20(23)21-15-16-9-11-22(12-10-16)18-6-2-3-7-18/h4-5,8,13,16,18H,2-3,6-7,9-12,14-15H2,1H3,(H,21,23). The highest BCUT2D eigenvalue weighted by Crippen LogP contribution is 2.27. The first-order valence-corrected chi connectivity index (χ1v) is 9.38. The van der Waals surface area contributed by atoms with Gasteiger partial charge in [-0.15, -0.1) is 0 Å². The number of likely N-dealkylation sites (tertiary alicyclic amines) is 1. The van der Waals surface area contributed by atoms with Crippen molar-refractivity contribution in [1.29, 1.82) is 0 Å². The van der Waals surface area contributed by atoms with E-state index in [1.165, 1.54) is 51.6 Å². The summed E-state index contributed by atoms with van der Waals surface area (Å²) in [6, 6.07) is 8.58. The lowest BCUT2D eigenvalue weighted by atomic mass is 9.95. The van der Waals surface area contributed by atoms with Gasteiger partial charge in [0.15, 0.2) is 0 Å². The molecule has 132 valence electrons. The number of carbonyl (C=O) groups excluding carboxylic acids is 1. The molecule has 4 heteroatoms. The SMILES string of the molecule is COc1cccc(CC(=O)NCC2CCN(C3CCCC3)CC2)c1. The van der Waals surface area contributed by atoms with Crippen LogP contribution in [0.3, 0.4) is 0 Å². The Morgan fingerprint density at radius 3 is 2.67 bits per heavy atom. The van der Waals surface area contributed by atoms with E-state index in [2.05, 4.69) is 10.2 Å². The molecule has 1 heterocycles. The lowest BCUT2D eigenvalue weighted by molar-refractivity contribution is -0.120. The Morgan fingerprint density at radius 2 is 1.96 bits per heavy atom. The van der Waals surface area contributed by atoms with Crippen LogP contribution in [-0.4, -0.2) is 43.6 Å². The summed E-state index contributed by atoms with van der Waals surface area (Å²) in [5.74, 6) is 1.55. The Morgan fingerprint density at radius 1 is 1.21 bits per heavy atom.